The summed E-state index contributed by atoms with van der Waals surface area (Å²) in [5.74, 6) is -3.61. The van der Waals surface area contributed by atoms with Gasteiger partial charge in [0.1, 0.15) is 12.5 Å². The van der Waals surface area contributed by atoms with Crippen LogP contribution in [0.3, 0.4) is 0 Å². The van der Waals surface area contributed by atoms with E-state index < -0.39 is 30.4 Å². The number of carboxylic acid groups (broad SMARTS) is 3. The summed E-state index contributed by atoms with van der Waals surface area (Å²) >= 11 is 0. The molecule has 0 aliphatic heterocycles. The lowest BCUT2D eigenvalue weighted by molar-refractivity contribution is -0.147. The molecule has 0 aliphatic carbocycles. The average Bonchev–Trinajstić information content (AvgIpc) is 2.22. The molecule has 9 N–H and O–H groups in total. The number of carboxylic acids is 3. The number of nitrogens with two attached hydrogens (primary N) is 3. The molecule has 0 spiro atoms. The van der Waals surface area contributed by atoms with Crippen LogP contribution in [-0.4, -0.2) is 51.8 Å². The number of hydrogen-bond donors (Lipinski definition) is 6. The molecule has 0 rings (SSSR count). The van der Waals surface area contributed by atoms with Crippen LogP contribution >= 0.6 is 0 Å². The van der Waals surface area contributed by atoms with E-state index in [1.807, 2.05) is 0 Å². The second-order valence-corrected chi connectivity index (χ2v) is 3.36. The molecule has 1 atom stereocenters. The lowest BCUT2D eigenvalue weighted by Crippen LogP contribution is -2.30. The molecule has 19 heavy (non-hydrogen) atoms. The highest BCUT2D eigenvalue weighted by Crippen LogP contribution is 1.94. The Balaban J connectivity index is 0. The molecule has 0 heterocycles. The first-order valence-electron chi connectivity index (χ1n) is 5.14. The predicted molar refractivity (Wildman–Crippen MR) is 65.4 cm³/mol. The molecule has 110 valence electrons. The van der Waals surface area contributed by atoms with Crippen LogP contribution in [0.25, 0.3) is 0 Å². The minimum Gasteiger partial charge on any atom is -0.481 e. The Kier molecular flexibility index (Phi) is 10.8. The Morgan fingerprint density at radius 3 is 1.79 bits per heavy atom. The SMILES string of the molecule is NC(N)=NCCCC(N)C(=O)O.O=C(O)CC(=O)O. The van der Waals surface area contributed by atoms with E-state index in [1.165, 1.54) is 0 Å². The molecule has 0 aromatic rings. The summed E-state index contributed by atoms with van der Waals surface area (Å²) in [5, 5.41) is 23.8. The van der Waals surface area contributed by atoms with Gasteiger partial charge >= 0.3 is 17.9 Å². The summed E-state index contributed by atoms with van der Waals surface area (Å²) in [7, 11) is 0. The molecule has 0 saturated heterocycles. The van der Waals surface area contributed by atoms with E-state index in [4.69, 9.17) is 32.5 Å². The topological polar surface area (TPSA) is 202 Å². The minimum atomic E-state index is -1.31. The maximum absolute atomic E-state index is 10.2. The van der Waals surface area contributed by atoms with Crippen molar-refractivity contribution in [1.29, 1.82) is 0 Å². The van der Waals surface area contributed by atoms with Crippen molar-refractivity contribution in [2.45, 2.75) is 25.3 Å². The molecule has 0 bridgehead atoms. The lowest BCUT2D eigenvalue weighted by atomic mass is 10.2. The Morgan fingerprint density at radius 2 is 1.53 bits per heavy atom. The molecule has 0 aromatic heterocycles. The smallest absolute Gasteiger partial charge is 0.320 e. The zero-order valence-corrected chi connectivity index (χ0v) is 10.2. The summed E-state index contributed by atoms with van der Waals surface area (Å²) in [6.45, 7) is 0.420. The van der Waals surface area contributed by atoms with Gasteiger partial charge in [0.05, 0.1) is 0 Å². The number of rotatable bonds is 7. The van der Waals surface area contributed by atoms with Crippen molar-refractivity contribution in [2.24, 2.45) is 22.2 Å². The van der Waals surface area contributed by atoms with Gasteiger partial charge in [-0.25, -0.2) is 0 Å². The minimum absolute atomic E-state index is 0.0129. The van der Waals surface area contributed by atoms with Gasteiger partial charge < -0.3 is 32.5 Å². The first kappa shape index (κ1) is 19.0. The quantitative estimate of drug-likeness (QED) is 0.132. The monoisotopic (exact) mass is 278 g/mol. The fraction of sp³-hybridized carbons (Fsp3) is 0.556. The number of aliphatic imine (C=N–C) groups is 1. The first-order valence-corrected chi connectivity index (χ1v) is 5.14. The van der Waals surface area contributed by atoms with Gasteiger partial charge in [0.25, 0.3) is 0 Å². The fourth-order valence-electron chi connectivity index (χ4n) is 0.772. The number of nitrogens with zero attached hydrogens (tertiary/aromatic N) is 1. The van der Waals surface area contributed by atoms with E-state index in [0.29, 0.717) is 19.4 Å². The van der Waals surface area contributed by atoms with Gasteiger partial charge in [0, 0.05) is 6.54 Å². The van der Waals surface area contributed by atoms with Crippen LogP contribution in [-0.2, 0) is 14.4 Å². The Labute approximate surface area is 108 Å². The molecule has 0 amide bonds. The van der Waals surface area contributed by atoms with Crippen LogP contribution in [0.2, 0.25) is 0 Å². The largest absolute Gasteiger partial charge is 0.481 e. The first-order chi connectivity index (χ1) is 8.66. The molecule has 10 nitrogen and oxygen atoms in total. The second-order valence-electron chi connectivity index (χ2n) is 3.36. The summed E-state index contributed by atoms with van der Waals surface area (Å²) in [6.07, 6.45) is 0.150. The highest BCUT2D eigenvalue weighted by molar-refractivity contribution is 5.88. The molecule has 0 saturated carbocycles. The summed E-state index contributed by atoms with van der Waals surface area (Å²) in [4.78, 5) is 32.8. The highest BCUT2D eigenvalue weighted by Gasteiger charge is 2.09. The Bertz CT molecular complexity index is 328. The van der Waals surface area contributed by atoms with E-state index in [9.17, 15) is 14.4 Å². The zero-order chi connectivity index (χ0) is 15.4. The summed E-state index contributed by atoms with van der Waals surface area (Å²) in [6, 6.07) is -0.820. The van der Waals surface area contributed by atoms with Crippen molar-refractivity contribution >= 4 is 23.9 Å². The standard InChI is InChI=1S/C6H14N4O2.C3H4O4/c7-4(5(11)12)2-1-3-10-6(8)9;4-2(5)1-3(6)7/h4H,1-3,7H2,(H,11,12)(H4,8,9,10);1H2,(H,4,5)(H,6,7). The second kappa shape index (κ2) is 10.8. The summed E-state index contributed by atoms with van der Waals surface area (Å²) in [5.41, 5.74) is 15.3. The van der Waals surface area contributed by atoms with Crippen LogP contribution in [0.4, 0.5) is 0 Å². The van der Waals surface area contributed by atoms with Crippen LogP contribution in [0.5, 0.6) is 0 Å². The Morgan fingerprint density at radius 1 is 1.05 bits per heavy atom. The van der Waals surface area contributed by atoms with Gasteiger partial charge in [-0.1, -0.05) is 0 Å². The Hall–Kier alpha value is -2.36. The number of guanidine groups is 1. The van der Waals surface area contributed by atoms with Crippen LogP contribution in [0, 0.1) is 0 Å². The van der Waals surface area contributed by atoms with E-state index in [0.717, 1.165) is 0 Å². The number of carbonyl (C=O) groups is 3. The molecule has 0 aromatic carbocycles. The summed E-state index contributed by atoms with van der Waals surface area (Å²) < 4.78 is 0. The third-order valence-electron chi connectivity index (χ3n) is 1.59. The highest BCUT2D eigenvalue weighted by atomic mass is 16.4. The normalized spacial score (nSPS) is 10.6. The van der Waals surface area contributed by atoms with Crippen molar-refractivity contribution in [1.82, 2.24) is 0 Å². The number of hydrogen-bond acceptors (Lipinski definition) is 5. The van der Waals surface area contributed by atoms with E-state index in [-0.39, 0.29) is 5.96 Å². The molecule has 1 unspecified atom stereocenters. The third-order valence-corrected chi connectivity index (χ3v) is 1.59. The lowest BCUT2D eigenvalue weighted by Gasteiger charge is -2.03. The van der Waals surface area contributed by atoms with E-state index in [2.05, 4.69) is 4.99 Å². The maximum Gasteiger partial charge on any atom is 0.320 e. The van der Waals surface area contributed by atoms with Gasteiger partial charge in [-0.15, -0.1) is 0 Å². The van der Waals surface area contributed by atoms with Gasteiger partial charge in [-0.2, -0.15) is 0 Å². The van der Waals surface area contributed by atoms with Crippen molar-refractivity contribution in [2.75, 3.05) is 6.54 Å². The van der Waals surface area contributed by atoms with Crippen molar-refractivity contribution in [3.05, 3.63) is 0 Å². The molecule has 0 fully saturated rings. The van der Waals surface area contributed by atoms with E-state index in [1.54, 1.807) is 0 Å². The zero-order valence-electron chi connectivity index (χ0n) is 10.2. The van der Waals surface area contributed by atoms with Gasteiger partial charge in [0.15, 0.2) is 5.96 Å². The fourth-order valence-corrected chi connectivity index (χ4v) is 0.772. The third kappa shape index (κ3) is 18.2. The van der Waals surface area contributed by atoms with Gasteiger partial charge in [0.2, 0.25) is 0 Å². The average molecular weight is 278 g/mol. The number of aliphatic carboxylic acids is 3. The van der Waals surface area contributed by atoms with Gasteiger partial charge in [-0.05, 0) is 12.8 Å². The van der Waals surface area contributed by atoms with Crippen molar-refractivity contribution < 1.29 is 29.7 Å². The van der Waals surface area contributed by atoms with Crippen molar-refractivity contribution in [3.63, 3.8) is 0 Å². The van der Waals surface area contributed by atoms with Crippen LogP contribution in [0.1, 0.15) is 19.3 Å². The van der Waals surface area contributed by atoms with E-state index >= 15 is 0 Å². The van der Waals surface area contributed by atoms with Gasteiger partial charge in [-0.3, -0.25) is 19.4 Å². The predicted octanol–water partition coefficient (Wildman–Crippen LogP) is -2.00. The van der Waals surface area contributed by atoms with Crippen molar-refractivity contribution in [3.8, 4) is 0 Å². The molecule has 10 heteroatoms. The molecular weight excluding hydrogens is 260 g/mol. The molecule has 0 radical (unpaired) electrons. The maximum atomic E-state index is 10.2. The van der Waals surface area contributed by atoms with Crippen LogP contribution in [0.15, 0.2) is 4.99 Å². The molecular formula is C9H18N4O6. The molecule has 0 aliphatic rings. The van der Waals surface area contributed by atoms with Crippen LogP contribution < -0.4 is 17.2 Å².